The summed E-state index contributed by atoms with van der Waals surface area (Å²) in [4.78, 5) is 10.4. The van der Waals surface area contributed by atoms with E-state index < -0.39 is 0 Å². The van der Waals surface area contributed by atoms with Gasteiger partial charge in [0.05, 0.1) is 6.61 Å². The first-order valence-electron chi connectivity index (χ1n) is 4.11. The van der Waals surface area contributed by atoms with E-state index in [1.54, 1.807) is 12.1 Å². The van der Waals surface area contributed by atoms with Gasteiger partial charge in [0.25, 0.3) is 0 Å². The molecule has 2 nitrogen and oxygen atoms in total. The van der Waals surface area contributed by atoms with Crippen LogP contribution in [0.15, 0.2) is 24.3 Å². The monoisotopic (exact) mass is 242 g/mol. The largest absolute Gasteiger partial charge is 0.494 e. The van der Waals surface area contributed by atoms with Crippen LogP contribution in [0.5, 0.6) is 5.75 Å². The predicted molar refractivity (Wildman–Crippen MR) is 55.7 cm³/mol. The van der Waals surface area contributed by atoms with Gasteiger partial charge in [-0.1, -0.05) is 28.1 Å². The van der Waals surface area contributed by atoms with Gasteiger partial charge in [0.15, 0.2) is 0 Å². The first-order valence-corrected chi connectivity index (χ1v) is 5.23. The first kappa shape index (κ1) is 10.3. The van der Waals surface area contributed by atoms with Crippen LogP contribution in [0.1, 0.15) is 16.8 Å². The highest BCUT2D eigenvalue weighted by Gasteiger charge is 1.94. The first-order chi connectivity index (χ1) is 6.36. The van der Waals surface area contributed by atoms with Crippen LogP contribution in [0.3, 0.4) is 0 Å². The van der Waals surface area contributed by atoms with E-state index in [1.807, 2.05) is 12.1 Å². The number of carbonyl (C=O) groups is 1. The number of aldehydes is 1. The predicted octanol–water partition coefficient (Wildman–Crippen LogP) is 2.66. The van der Waals surface area contributed by atoms with Crippen LogP contribution >= 0.6 is 15.9 Å². The van der Waals surface area contributed by atoms with Gasteiger partial charge in [-0.15, -0.1) is 0 Å². The maximum atomic E-state index is 10.4. The van der Waals surface area contributed by atoms with Gasteiger partial charge >= 0.3 is 0 Å². The Bertz CT molecular complexity index is 273. The molecule has 0 saturated carbocycles. The lowest BCUT2D eigenvalue weighted by Gasteiger charge is -2.04. The van der Waals surface area contributed by atoms with Crippen molar-refractivity contribution in [1.29, 1.82) is 0 Å². The minimum Gasteiger partial charge on any atom is -0.494 e. The van der Waals surface area contributed by atoms with E-state index in [9.17, 15) is 4.79 Å². The number of rotatable bonds is 5. The molecule has 0 bridgehead atoms. The van der Waals surface area contributed by atoms with E-state index in [0.717, 1.165) is 23.8 Å². The van der Waals surface area contributed by atoms with E-state index >= 15 is 0 Å². The molecule has 0 aliphatic heterocycles. The van der Waals surface area contributed by atoms with Crippen molar-refractivity contribution in [1.82, 2.24) is 0 Å². The molecule has 70 valence electrons. The Kier molecular flexibility index (Phi) is 4.54. The van der Waals surface area contributed by atoms with Gasteiger partial charge in [-0.3, -0.25) is 4.79 Å². The van der Waals surface area contributed by atoms with Crippen LogP contribution < -0.4 is 4.74 Å². The van der Waals surface area contributed by atoms with Crippen LogP contribution in [-0.4, -0.2) is 18.2 Å². The third-order valence-electron chi connectivity index (χ3n) is 1.54. The van der Waals surface area contributed by atoms with Gasteiger partial charge < -0.3 is 4.74 Å². The standard InChI is InChI=1S/C10H11BrO2/c11-5-2-6-13-10-4-1-3-9(7-10)8-12/h1,3-4,7-8H,2,5-6H2. The average Bonchev–Trinajstić information content (AvgIpc) is 2.19. The van der Waals surface area contributed by atoms with Crippen LogP contribution in [0.4, 0.5) is 0 Å². The summed E-state index contributed by atoms with van der Waals surface area (Å²) in [6, 6.07) is 7.15. The highest BCUT2D eigenvalue weighted by atomic mass is 79.9. The zero-order valence-electron chi connectivity index (χ0n) is 7.20. The molecule has 0 atom stereocenters. The lowest BCUT2D eigenvalue weighted by atomic mass is 10.2. The minimum absolute atomic E-state index is 0.649. The van der Waals surface area contributed by atoms with E-state index in [4.69, 9.17) is 4.74 Å². The number of hydrogen-bond acceptors (Lipinski definition) is 2. The van der Waals surface area contributed by atoms with Gasteiger partial charge in [0.1, 0.15) is 12.0 Å². The highest BCUT2D eigenvalue weighted by Crippen LogP contribution is 2.12. The Morgan fingerprint density at radius 1 is 1.46 bits per heavy atom. The molecule has 1 aromatic rings. The van der Waals surface area contributed by atoms with Crippen molar-refractivity contribution >= 4 is 22.2 Å². The summed E-state index contributed by atoms with van der Waals surface area (Å²) in [5.41, 5.74) is 0.649. The zero-order valence-corrected chi connectivity index (χ0v) is 8.79. The molecule has 0 spiro atoms. The van der Waals surface area contributed by atoms with Gasteiger partial charge in [-0.25, -0.2) is 0 Å². The van der Waals surface area contributed by atoms with Gasteiger partial charge in [-0.05, 0) is 18.6 Å². The van der Waals surface area contributed by atoms with E-state index in [0.29, 0.717) is 12.2 Å². The molecule has 0 aliphatic rings. The number of alkyl halides is 1. The molecule has 0 radical (unpaired) electrons. The van der Waals surface area contributed by atoms with Gasteiger partial charge in [0.2, 0.25) is 0 Å². The second-order valence-electron chi connectivity index (χ2n) is 2.58. The van der Waals surface area contributed by atoms with Crippen molar-refractivity contribution in [3.63, 3.8) is 0 Å². The molecule has 0 unspecified atom stereocenters. The fourth-order valence-electron chi connectivity index (χ4n) is 0.922. The molecule has 1 aromatic carbocycles. The van der Waals surface area contributed by atoms with E-state index in [2.05, 4.69) is 15.9 Å². The Morgan fingerprint density at radius 3 is 3.00 bits per heavy atom. The fourth-order valence-corrected chi connectivity index (χ4v) is 1.15. The summed E-state index contributed by atoms with van der Waals surface area (Å²) in [5.74, 6) is 0.755. The molecule has 0 aromatic heterocycles. The molecule has 0 saturated heterocycles. The third-order valence-corrected chi connectivity index (χ3v) is 2.10. The van der Waals surface area contributed by atoms with Crippen molar-refractivity contribution < 1.29 is 9.53 Å². The molecule has 1 rings (SSSR count). The van der Waals surface area contributed by atoms with Crippen molar-refractivity contribution in [2.75, 3.05) is 11.9 Å². The number of hydrogen-bond donors (Lipinski definition) is 0. The quantitative estimate of drug-likeness (QED) is 0.451. The fraction of sp³-hybridized carbons (Fsp3) is 0.300. The van der Waals surface area contributed by atoms with E-state index in [1.165, 1.54) is 0 Å². The van der Waals surface area contributed by atoms with Gasteiger partial charge in [-0.2, -0.15) is 0 Å². The molecule has 0 aliphatic carbocycles. The summed E-state index contributed by atoms with van der Waals surface area (Å²) in [6.07, 6.45) is 1.78. The maximum absolute atomic E-state index is 10.4. The summed E-state index contributed by atoms with van der Waals surface area (Å²) >= 11 is 3.31. The highest BCUT2D eigenvalue weighted by molar-refractivity contribution is 9.09. The van der Waals surface area contributed by atoms with Gasteiger partial charge in [0, 0.05) is 10.9 Å². The minimum atomic E-state index is 0.649. The number of carbonyl (C=O) groups excluding carboxylic acids is 1. The lowest BCUT2D eigenvalue weighted by molar-refractivity contribution is 0.112. The molecule has 0 fully saturated rings. The maximum Gasteiger partial charge on any atom is 0.150 e. The zero-order chi connectivity index (χ0) is 9.52. The molecular weight excluding hydrogens is 232 g/mol. The van der Waals surface area contributed by atoms with Crippen molar-refractivity contribution in [3.8, 4) is 5.75 Å². The normalized spacial score (nSPS) is 9.62. The van der Waals surface area contributed by atoms with Crippen LogP contribution in [-0.2, 0) is 0 Å². The second-order valence-corrected chi connectivity index (χ2v) is 3.37. The summed E-state index contributed by atoms with van der Waals surface area (Å²) in [7, 11) is 0. The number of ether oxygens (including phenoxy) is 1. The number of benzene rings is 1. The smallest absolute Gasteiger partial charge is 0.150 e. The average molecular weight is 243 g/mol. The Morgan fingerprint density at radius 2 is 2.31 bits per heavy atom. The summed E-state index contributed by atoms with van der Waals surface area (Å²) in [5, 5.41) is 0.931. The third kappa shape index (κ3) is 3.59. The van der Waals surface area contributed by atoms with Crippen molar-refractivity contribution in [2.45, 2.75) is 6.42 Å². The molecule has 13 heavy (non-hydrogen) atoms. The molecule has 0 amide bonds. The molecule has 3 heteroatoms. The van der Waals surface area contributed by atoms with Crippen molar-refractivity contribution in [2.24, 2.45) is 0 Å². The Balaban J connectivity index is 2.51. The van der Waals surface area contributed by atoms with Crippen LogP contribution in [0.25, 0.3) is 0 Å². The number of halogens is 1. The van der Waals surface area contributed by atoms with Crippen LogP contribution in [0, 0.1) is 0 Å². The summed E-state index contributed by atoms with van der Waals surface area (Å²) < 4.78 is 5.40. The molecule has 0 N–H and O–H groups in total. The molecule has 0 heterocycles. The Labute approximate surface area is 86.0 Å². The second kappa shape index (κ2) is 5.75. The molecular formula is C10H11BrO2. The van der Waals surface area contributed by atoms with E-state index in [-0.39, 0.29) is 0 Å². The van der Waals surface area contributed by atoms with Crippen molar-refractivity contribution in [3.05, 3.63) is 29.8 Å². The Hall–Kier alpha value is -0.830. The lowest BCUT2D eigenvalue weighted by Crippen LogP contribution is -1.97. The SMILES string of the molecule is O=Cc1cccc(OCCCBr)c1. The summed E-state index contributed by atoms with van der Waals surface area (Å²) in [6.45, 7) is 0.674. The van der Waals surface area contributed by atoms with Crippen LogP contribution in [0.2, 0.25) is 0 Å². The topological polar surface area (TPSA) is 26.3 Å².